The molecule has 8 nitrogen and oxygen atoms in total. The highest BCUT2D eigenvalue weighted by atomic mass is 16.5. The van der Waals surface area contributed by atoms with E-state index in [1.807, 2.05) is 108 Å². The zero-order valence-electron chi connectivity index (χ0n) is 25.0. The fourth-order valence-corrected chi connectivity index (χ4v) is 6.15. The fourth-order valence-electron chi connectivity index (χ4n) is 6.15. The quantitative estimate of drug-likeness (QED) is 0.142. The van der Waals surface area contributed by atoms with Gasteiger partial charge in [0.2, 0.25) is 0 Å². The lowest BCUT2D eigenvalue weighted by molar-refractivity contribution is -0.0420. The van der Waals surface area contributed by atoms with Gasteiger partial charge in [-0.3, -0.25) is 9.97 Å². The van der Waals surface area contributed by atoms with E-state index < -0.39 is 11.7 Å². The Balaban J connectivity index is 1.29. The molecule has 8 heteroatoms. The van der Waals surface area contributed by atoms with E-state index in [1.165, 1.54) is 0 Å². The summed E-state index contributed by atoms with van der Waals surface area (Å²) in [6.45, 7) is 0.306. The molecule has 0 spiro atoms. The second-order valence-electron chi connectivity index (χ2n) is 10.9. The van der Waals surface area contributed by atoms with Gasteiger partial charge in [0.15, 0.2) is 0 Å². The maximum absolute atomic E-state index is 11.6. The second kappa shape index (κ2) is 12.0. The van der Waals surface area contributed by atoms with E-state index in [1.54, 1.807) is 32.9 Å². The summed E-state index contributed by atoms with van der Waals surface area (Å²) in [6, 6.07) is 33.6. The molecule has 0 fully saturated rings. The van der Waals surface area contributed by atoms with Crippen LogP contribution >= 0.6 is 0 Å². The third-order valence-electron chi connectivity index (χ3n) is 8.26. The second-order valence-corrected chi connectivity index (χ2v) is 10.9. The minimum absolute atomic E-state index is 0.0396. The van der Waals surface area contributed by atoms with Gasteiger partial charge < -0.3 is 23.9 Å². The number of hydrogen-bond donors (Lipinski definition) is 1. The van der Waals surface area contributed by atoms with E-state index in [-0.39, 0.29) is 13.2 Å². The van der Waals surface area contributed by atoms with Crippen molar-refractivity contribution in [1.82, 2.24) is 19.5 Å². The molecule has 0 bridgehead atoms. The van der Waals surface area contributed by atoms with Crippen LogP contribution in [0.15, 0.2) is 122 Å². The smallest absolute Gasteiger partial charge is 0.143 e. The lowest BCUT2D eigenvalue weighted by Gasteiger charge is -2.36. The van der Waals surface area contributed by atoms with Crippen LogP contribution in [0.5, 0.6) is 11.5 Å². The Morgan fingerprint density at radius 1 is 0.644 bits per heavy atom. The van der Waals surface area contributed by atoms with Gasteiger partial charge in [0, 0.05) is 23.2 Å². The predicted molar refractivity (Wildman–Crippen MR) is 175 cm³/mol. The highest BCUT2D eigenvalue weighted by molar-refractivity contribution is 6.20. The molecule has 0 radical (unpaired) electrons. The van der Waals surface area contributed by atoms with E-state index >= 15 is 0 Å². The van der Waals surface area contributed by atoms with Crippen molar-refractivity contribution in [2.24, 2.45) is 0 Å². The van der Waals surface area contributed by atoms with Crippen molar-refractivity contribution < 1.29 is 19.3 Å². The molecule has 3 heterocycles. The van der Waals surface area contributed by atoms with Gasteiger partial charge in [-0.2, -0.15) is 0 Å². The Labute approximate surface area is 260 Å². The maximum Gasteiger partial charge on any atom is 0.143 e. The average Bonchev–Trinajstić information content (AvgIpc) is 3.53. The molecule has 1 atom stereocenters. The predicted octanol–water partition coefficient (Wildman–Crippen LogP) is 6.52. The van der Waals surface area contributed by atoms with Crippen LogP contribution in [-0.2, 0) is 16.9 Å². The number of aliphatic hydroxyl groups is 1. The maximum atomic E-state index is 11.6. The summed E-state index contributed by atoms with van der Waals surface area (Å²) < 4.78 is 19.8. The Morgan fingerprint density at radius 2 is 1.20 bits per heavy atom. The van der Waals surface area contributed by atoms with Crippen molar-refractivity contribution in [1.29, 1.82) is 0 Å². The van der Waals surface area contributed by atoms with Gasteiger partial charge in [0.25, 0.3) is 0 Å². The zero-order valence-corrected chi connectivity index (χ0v) is 25.0. The highest BCUT2D eigenvalue weighted by Crippen LogP contribution is 2.42. The summed E-state index contributed by atoms with van der Waals surface area (Å²) in [6.07, 6.45) is 4.45. The Bertz CT molecular complexity index is 2030. The van der Waals surface area contributed by atoms with Crippen molar-refractivity contribution in [2.45, 2.75) is 18.2 Å². The highest BCUT2D eigenvalue weighted by Gasteiger charge is 2.38. The van der Waals surface area contributed by atoms with Crippen molar-refractivity contribution in [2.75, 3.05) is 20.8 Å². The van der Waals surface area contributed by atoms with Crippen molar-refractivity contribution in [3.05, 3.63) is 139 Å². The molecule has 0 aliphatic heterocycles. The van der Waals surface area contributed by atoms with E-state index in [9.17, 15) is 5.11 Å². The van der Waals surface area contributed by atoms with Gasteiger partial charge in [0.1, 0.15) is 17.1 Å². The molecule has 0 amide bonds. The minimum Gasteiger partial charge on any atom is -0.497 e. The molecule has 4 aromatic carbocycles. The van der Waals surface area contributed by atoms with Crippen LogP contribution in [0.1, 0.15) is 16.7 Å². The molecule has 0 aliphatic rings. The number of nitrogens with zero attached hydrogens (tertiary/aromatic N) is 4. The lowest BCUT2D eigenvalue weighted by atomic mass is 9.80. The Morgan fingerprint density at radius 3 is 1.80 bits per heavy atom. The third-order valence-corrected chi connectivity index (χ3v) is 8.26. The molecule has 3 aromatic heterocycles. The molecule has 224 valence electrons. The number of methoxy groups -OCH3 is 2. The standard InChI is InChI=1S/C37H32N4O4/c1-43-29-16-12-26(13-17-29)37(25-8-4-3-5-9-25,27-14-18-30(44-2)19-15-27)45-23-28(42)22-41-24-40-35-31-10-6-20-38-33(31)34-32(36(35)41)11-7-21-39-34/h3-21,24,28,42H,22-23H2,1-2H3/t28-/m1/s1. The first-order valence-electron chi connectivity index (χ1n) is 14.7. The summed E-state index contributed by atoms with van der Waals surface area (Å²) in [4.78, 5) is 14.0. The van der Waals surface area contributed by atoms with Gasteiger partial charge in [-0.1, -0.05) is 54.6 Å². The van der Waals surface area contributed by atoms with Crippen LogP contribution in [0.2, 0.25) is 0 Å². The first-order valence-corrected chi connectivity index (χ1v) is 14.7. The van der Waals surface area contributed by atoms with Crippen LogP contribution < -0.4 is 9.47 Å². The molecular weight excluding hydrogens is 564 g/mol. The van der Waals surface area contributed by atoms with Crippen molar-refractivity contribution >= 4 is 32.8 Å². The molecule has 0 aliphatic carbocycles. The monoisotopic (exact) mass is 596 g/mol. The Hall–Kier alpha value is -5.31. The topological polar surface area (TPSA) is 91.5 Å². The van der Waals surface area contributed by atoms with Gasteiger partial charge in [-0.25, -0.2) is 4.98 Å². The van der Waals surface area contributed by atoms with Crippen molar-refractivity contribution in [3.8, 4) is 11.5 Å². The van der Waals surface area contributed by atoms with E-state index in [0.717, 1.165) is 61.0 Å². The fraction of sp³-hybridized carbons (Fsp3) is 0.162. The SMILES string of the molecule is COc1ccc(C(OC[C@H](O)Cn2cnc3c4cccnc4c4ncccc4c32)(c2ccccc2)c2ccc(OC)cc2)cc1. The van der Waals surface area contributed by atoms with Gasteiger partial charge in [0.05, 0.1) is 61.9 Å². The minimum atomic E-state index is -1.03. The number of imidazole rings is 1. The number of aromatic nitrogens is 4. The summed E-state index contributed by atoms with van der Waals surface area (Å²) in [5.74, 6) is 1.49. The normalized spacial score (nSPS) is 12.5. The largest absolute Gasteiger partial charge is 0.497 e. The van der Waals surface area contributed by atoms with Crippen LogP contribution in [-0.4, -0.2) is 51.6 Å². The van der Waals surface area contributed by atoms with E-state index in [4.69, 9.17) is 19.2 Å². The zero-order chi connectivity index (χ0) is 30.8. The number of ether oxygens (including phenoxy) is 3. The number of pyridine rings is 2. The van der Waals surface area contributed by atoms with E-state index in [2.05, 4.69) is 9.97 Å². The number of benzene rings is 4. The Kier molecular flexibility index (Phi) is 7.59. The molecule has 7 aromatic rings. The van der Waals surface area contributed by atoms with Gasteiger partial charge in [-0.15, -0.1) is 0 Å². The van der Waals surface area contributed by atoms with Crippen LogP contribution in [0.3, 0.4) is 0 Å². The molecule has 7 rings (SSSR count). The summed E-state index contributed by atoms with van der Waals surface area (Å²) in [5, 5.41) is 13.4. The lowest BCUT2D eigenvalue weighted by Crippen LogP contribution is -2.36. The molecule has 45 heavy (non-hydrogen) atoms. The average molecular weight is 597 g/mol. The molecule has 0 saturated heterocycles. The first kappa shape index (κ1) is 28.5. The molecular formula is C37H32N4O4. The molecule has 0 unspecified atom stereocenters. The first-order chi connectivity index (χ1) is 22.1. The number of fused-ring (bicyclic) bond motifs is 6. The number of hydrogen-bond acceptors (Lipinski definition) is 7. The van der Waals surface area contributed by atoms with Crippen molar-refractivity contribution in [3.63, 3.8) is 0 Å². The van der Waals surface area contributed by atoms with Crippen LogP contribution in [0, 0.1) is 0 Å². The molecule has 0 saturated carbocycles. The van der Waals surface area contributed by atoms with Gasteiger partial charge in [-0.05, 0) is 65.2 Å². The third kappa shape index (κ3) is 5.04. The van der Waals surface area contributed by atoms with Crippen LogP contribution in [0.4, 0.5) is 0 Å². The van der Waals surface area contributed by atoms with Gasteiger partial charge >= 0.3 is 0 Å². The number of rotatable bonds is 10. The summed E-state index contributed by atoms with van der Waals surface area (Å²) in [5.41, 5.74) is 5.02. The van der Waals surface area contributed by atoms with E-state index in [0.29, 0.717) is 0 Å². The van der Waals surface area contributed by atoms with Crippen LogP contribution in [0.25, 0.3) is 32.8 Å². The number of aliphatic hydroxyl groups excluding tert-OH is 1. The summed E-state index contributed by atoms with van der Waals surface area (Å²) >= 11 is 0. The summed E-state index contributed by atoms with van der Waals surface area (Å²) in [7, 11) is 3.29. The molecule has 1 N–H and O–H groups in total.